The highest BCUT2D eigenvalue weighted by molar-refractivity contribution is 5.87. The van der Waals surface area contributed by atoms with E-state index in [2.05, 4.69) is 5.32 Å². The summed E-state index contributed by atoms with van der Waals surface area (Å²) < 4.78 is 11.3. The monoisotopic (exact) mass is 442 g/mol. The lowest BCUT2D eigenvalue weighted by Gasteiger charge is -2.26. The van der Waals surface area contributed by atoms with Gasteiger partial charge in [-0.1, -0.05) is 31.9 Å². The Morgan fingerprint density at radius 3 is 2.07 bits per heavy atom. The van der Waals surface area contributed by atoms with Gasteiger partial charge in [-0.05, 0) is 65.7 Å². The molecule has 1 aromatic carbocycles. The summed E-state index contributed by atoms with van der Waals surface area (Å²) in [5.74, 6) is -0.0498. The van der Waals surface area contributed by atoms with Crippen LogP contribution in [0, 0.1) is 0 Å². The van der Waals surface area contributed by atoms with Gasteiger partial charge in [-0.15, -0.1) is 12.4 Å². The summed E-state index contributed by atoms with van der Waals surface area (Å²) in [6.45, 7) is 13.4. The average Bonchev–Trinajstić information content (AvgIpc) is 2.57. The van der Waals surface area contributed by atoms with Crippen molar-refractivity contribution in [1.29, 1.82) is 0 Å². The fourth-order valence-electron chi connectivity index (χ4n) is 2.68. The minimum absolute atomic E-state index is 0. The Morgan fingerprint density at radius 2 is 1.60 bits per heavy atom. The Hall–Kier alpha value is -1.79. The van der Waals surface area contributed by atoms with Gasteiger partial charge in [-0.25, -0.2) is 4.79 Å². The molecule has 0 heterocycles. The molecule has 7 heteroatoms. The topological polar surface area (TPSA) is 90.7 Å². The maximum absolute atomic E-state index is 12.7. The van der Waals surface area contributed by atoms with Gasteiger partial charge < -0.3 is 20.5 Å². The highest BCUT2D eigenvalue weighted by atomic mass is 35.5. The van der Waals surface area contributed by atoms with E-state index in [0.717, 1.165) is 24.2 Å². The zero-order valence-electron chi connectivity index (χ0n) is 19.4. The Balaban J connectivity index is 0.00000841. The fraction of sp³-hybridized carbons (Fsp3) is 0.652. The third-order valence-electron chi connectivity index (χ3n) is 4.00. The summed E-state index contributed by atoms with van der Waals surface area (Å²) in [7, 11) is 0. The van der Waals surface area contributed by atoms with Crippen LogP contribution in [0.25, 0.3) is 0 Å². The number of halogens is 1. The molecule has 6 nitrogen and oxygen atoms in total. The Morgan fingerprint density at radius 1 is 1.03 bits per heavy atom. The molecule has 0 bridgehead atoms. The molecular weight excluding hydrogens is 404 g/mol. The van der Waals surface area contributed by atoms with E-state index in [1.54, 1.807) is 20.8 Å². The van der Waals surface area contributed by atoms with E-state index in [1.165, 1.54) is 0 Å². The van der Waals surface area contributed by atoms with Gasteiger partial charge >= 0.3 is 5.97 Å². The highest BCUT2D eigenvalue weighted by Gasteiger charge is 2.28. The second-order valence-electron chi connectivity index (χ2n) is 9.41. The largest absolute Gasteiger partial charge is 0.488 e. The average molecular weight is 443 g/mol. The van der Waals surface area contributed by atoms with Crippen molar-refractivity contribution in [2.24, 2.45) is 5.73 Å². The normalized spacial score (nSPS) is 13.6. The first-order valence-electron chi connectivity index (χ1n) is 10.4. The maximum Gasteiger partial charge on any atom is 0.329 e. The first-order chi connectivity index (χ1) is 13.3. The molecule has 1 rings (SSSR count). The minimum Gasteiger partial charge on any atom is -0.488 e. The van der Waals surface area contributed by atoms with Gasteiger partial charge in [0.15, 0.2) is 0 Å². The number of carbonyl (C=O) groups excluding carboxylic acids is 2. The molecule has 0 aliphatic rings. The van der Waals surface area contributed by atoms with Gasteiger partial charge in [0, 0.05) is 6.42 Å². The number of nitrogens with one attached hydrogen (secondary N) is 1. The molecule has 0 fully saturated rings. The summed E-state index contributed by atoms with van der Waals surface area (Å²) >= 11 is 0. The number of unbranched alkanes of at least 4 members (excludes halogenated alkanes) is 1. The van der Waals surface area contributed by atoms with Crippen molar-refractivity contribution in [3.8, 4) is 5.75 Å². The van der Waals surface area contributed by atoms with Crippen molar-refractivity contribution in [3.05, 3.63) is 29.8 Å². The number of hydrogen-bond donors (Lipinski definition) is 2. The van der Waals surface area contributed by atoms with Gasteiger partial charge in [-0.2, -0.15) is 0 Å². The number of carbonyl (C=O) groups is 2. The Labute approximate surface area is 187 Å². The van der Waals surface area contributed by atoms with Crippen molar-refractivity contribution in [2.75, 3.05) is 0 Å². The van der Waals surface area contributed by atoms with Crippen LogP contribution in [-0.4, -0.2) is 35.2 Å². The molecule has 0 saturated heterocycles. The van der Waals surface area contributed by atoms with E-state index >= 15 is 0 Å². The maximum atomic E-state index is 12.7. The number of nitrogens with two attached hydrogens (primary N) is 1. The van der Waals surface area contributed by atoms with Crippen molar-refractivity contribution in [3.63, 3.8) is 0 Å². The van der Waals surface area contributed by atoms with Gasteiger partial charge in [0.1, 0.15) is 23.0 Å². The van der Waals surface area contributed by atoms with E-state index in [-0.39, 0.29) is 23.9 Å². The van der Waals surface area contributed by atoms with Crippen LogP contribution in [0.15, 0.2) is 24.3 Å². The molecule has 0 aromatic heterocycles. The van der Waals surface area contributed by atoms with Crippen LogP contribution in [0.5, 0.6) is 5.75 Å². The standard InChI is InChI=1S/C23H38N2O4.ClH/c1-8-9-10-18(24)20(26)25-19(21(27)29-23(5,6)7)15-16-11-13-17(14-12-16)28-22(2,3)4;/h11-14,18-19H,8-10,15,24H2,1-7H3,(H,25,26);1H/t18-,19-;/m0./s1. The van der Waals surface area contributed by atoms with E-state index in [0.29, 0.717) is 12.8 Å². The molecule has 0 aliphatic heterocycles. The van der Waals surface area contributed by atoms with Crippen LogP contribution in [0.3, 0.4) is 0 Å². The molecule has 0 aliphatic carbocycles. The summed E-state index contributed by atoms with van der Waals surface area (Å²) in [6, 6.07) is 6.07. The van der Waals surface area contributed by atoms with Crippen LogP contribution >= 0.6 is 12.4 Å². The van der Waals surface area contributed by atoms with Gasteiger partial charge in [0.2, 0.25) is 5.91 Å². The molecule has 0 radical (unpaired) electrons. The molecule has 2 atom stereocenters. The van der Waals surface area contributed by atoms with Gasteiger partial charge in [0.05, 0.1) is 6.04 Å². The number of esters is 1. The summed E-state index contributed by atoms with van der Waals surface area (Å²) in [5.41, 5.74) is 5.93. The van der Waals surface area contributed by atoms with E-state index < -0.39 is 23.7 Å². The zero-order valence-corrected chi connectivity index (χ0v) is 20.2. The number of ether oxygens (including phenoxy) is 2. The molecular formula is C23H39ClN2O4. The van der Waals surface area contributed by atoms with Crippen molar-refractivity contribution < 1.29 is 19.1 Å². The molecule has 172 valence electrons. The smallest absolute Gasteiger partial charge is 0.329 e. The lowest BCUT2D eigenvalue weighted by molar-refractivity contribution is -0.158. The summed E-state index contributed by atoms with van der Waals surface area (Å²) in [4.78, 5) is 25.2. The van der Waals surface area contributed by atoms with Crippen molar-refractivity contribution >= 4 is 24.3 Å². The minimum atomic E-state index is -0.802. The molecule has 1 amide bonds. The third kappa shape index (κ3) is 11.4. The van der Waals surface area contributed by atoms with Gasteiger partial charge in [-0.3, -0.25) is 4.79 Å². The predicted molar refractivity (Wildman–Crippen MR) is 123 cm³/mol. The van der Waals surface area contributed by atoms with Crippen molar-refractivity contribution in [1.82, 2.24) is 5.32 Å². The molecule has 3 N–H and O–H groups in total. The Kier molecular flexibility index (Phi) is 11.4. The molecule has 0 unspecified atom stereocenters. The van der Waals surface area contributed by atoms with E-state index in [1.807, 2.05) is 52.0 Å². The molecule has 30 heavy (non-hydrogen) atoms. The number of rotatable bonds is 9. The first kappa shape index (κ1) is 28.2. The van der Waals surface area contributed by atoms with Crippen molar-refractivity contribution in [2.45, 2.75) is 97.4 Å². The van der Waals surface area contributed by atoms with Crippen LogP contribution in [0.1, 0.15) is 73.3 Å². The number of hydrogen-bond acceptors (Lipinski definition) is 5. The number of benzene rings is 1. The van der Waals surface area contributed by atoms with Crippen LogP contribution in [0.2, 0.25) is 0 Å². The Bertz CT molecular complexity index is 663. The summed E-state index contributed by atoms with van der Waals surface area (Å²) in [6.07, 6.45) is 2.72. The second kappa shape index (κ2) is 12.2. The molecule has 1 aromatic rings. The first-order valence-corrected chi connectivity index (χ1v) is 10.4. The third-order valence-corrected chi connectivity index (χ3v) is 4.00. The van der Waals surface area contributed by atoms with Crippen LogP contribution in [-0.2, 0) is 20.7 Å². The van der Waals surface area contributed by atoms with Gasteiger partial charge in [0.25, 0.3) is 0 Å². The fourth-order valence-corrected chi connectivity index (χ4v) is 2.68. The second-order valence-corrected chi connectivity index (χ2v) is 9.41. The lowest BCUT2D eigenvalue weighted by Crippen LogP contribution is -2.50. The SMILES string of the molecule is CCCC[C@H](N)C(=O)N[C@@H](Cc1ccc(OC(C)(C)C)cc1)C(=O)OC(C)(C)C.Cl. The van der Waals surface area contributed by atoms with Crippen LogP contribution in [0.4, 0.5) is 0 Å². The number of amides is 1. The lowest BCUT2D eigenvalue weighted by atomic mass is 10.0. The quantitative estimate of drug-likeness (QED) is 0.560. The van der Waals surface area contributed by atoms with Crippen LogP contribution < -0.4 is 15.8 Å². The highest BCUT2D eigenvalue weighted by Crippen LogP contribution is 2.20. The van der Waals surface area contributed by atoms with E-state index in [4.69, 9.17) is 15.2 Å². The molecule has 0 saturated carbocycles. The predicted octanol–water partition coefficient (Wildman–Crippen LogP) is 4.17. The molecule has 0 spiro atoms. The zero-order chi connectivity index (χ0) is 22.2. The van der Waals surface area contributed by atoms with E-state index in [9.17, 15) is 9.59 Å². The summed E-state index contributed by atoms with van der Waals surface area (Å²) in [5, 5.41) is 2.78.